The number of carbonyl (C=O) groups is 3. The minimum Gasteiger partial charge on any atom is -0.299 e. The second kappa shape index (κ2) is 6.74. The molecule has 0 spiro atoms. The van der Waals surface area contributed by atoms with Gasteiger partial charge in [-0.2, -0.15) is 0 Å². The fourth-order valence-electron chi connectivity index (χ4n) is 1.44. The Morgan fingerprint density at radius 2 is 1.65 bits per heavy atom. The maximum atomic E-state index is 11.5. The maximum Gasteiger partial charge on any atom is 0.205 e. The molecule has 0 bridgehead atoms. The maximum absolute atomic E-state index is 11.5. The lowest BCUT2D eigenvalue weighted by Gasteiger charge is -2.00. The van der Waals surface area contributed by atoms with Crippen LogP contribution in [0, 0.1) is 0 Å². The Bertz CT molecular complexity index is 407. The van der Waals surface area contributed by atoms with Gasteiger partial charge in [-0.25, -0.2) is 0 Å². The van der Waals surface area contributed by atoms with Gasteiger partial charge in [-0.05, 0) is 12.0 Å². The fourth-order valence-corrected chi connectivity index (χ4v) is 1.44. The summed E-state index contributed by atoms with van der Waals surface area (Å²) in [6.07, 6.45) is 0.785. The summed E-state index contributed by atoms with van der Waals surface area (Å²) in [5, 5.41) is 0. The molecule has 17 heavy (non-hydrogen) atoms. The normalized spacial score (nSPS) is 9.94. The molecule has 0 heterocycles. The number of ketones is 3. The molecule has 0 amide bonds. The van der Waals surface area contributed by atoms with Crippen molar-refractivity contribution >= 4 is 17.3 Å². The van der Waals surface area contributed by atoms with Crippen molar-refractivity contribution in [2.24, 2.45) is 0 Å². The van der Waals surface area contributed by atoms with Crippen LogP contribution >= 0.6 is 0 Å². The van der Waals surface area contributed by atoms with E-state index in [1.165, 1.54) is 0 Å². The highest BCUT2D eigenvalue weighted by molar-refractivity contribution is 6.40. The highest BCUT2D eigenvalue weighted by Crippen LogP contribution is 2.04. The molecule has 3 heteroatoms. The average molecular weight is 232 g/mol. The van der Waals surface area contributed by atoms with E-state index in [4.69, 9.17) is 0 Å². The molecule has 90 valence electrons. The molecule has 0 radical (unpaired) electrons. The van der Waals surface area contributed by atoms with E-state index < -0.39 is 11.6 Å². The molecule has 0 aliphatic rings. The Hall–Kier alpha value is -1.77. The smallest absolute Gasteiger partial charge is 0.205 e. The molecule has 0 aromatic heterocycles. The van der Waals surface area contributed by atoms with Crippen molar-refractivity contribution in [3.63, 3.8) is 0 Å². The summed E-state index contributed by atoms with van der Waals surface area (Å²) in [4.78, 5) is 33.9. The van der Waals surface area contributed by atoms with Crippen LogP contribution in [0.2, 0.25) is 0 Å². The van der Waals surface area contributed by atoms with Gasteiger partial charge >= 0.3 is 0 Å². The van der Waals surface area contributed by atoms with Crippen molar-refractivity contribution in [3.8, 4) is 0 Å². The first-order chi connectivity index (χ1) is 8.13. The van der Waals surface area contributed by atoms with Crippen molar-refractivity contribution in [3.05, 3.63) is 35.9 Å². The number of aryl methyl sites for hydroxylation is 1. The predicted molar refractivity (Wildman–Crippen MR) is 64.7 cm³/mol. The third kappa shape index (κ3) is 4.72. The van der Waals surface area contributed by atoms with Crippen molar-refractivity contribution < 1.29 is 14.4 Å². The zero-order valence-corrected chi connectivity index (χ0v) is 9.94. The lowest BCUT2D eigenvalue weighted by Crippen LogP contribution is -2.18. The van der Waals surface area contributed by atoms with Crippen LogP contribution in [0.1, 0.15) is 31.7 Å². The van der Waals surface area contributed by atoms with Crippen LogP contribution < -0.4 is 0 Å². The molecular formula is C14H16O3. The third-order valence-electron chi connectivity index (χ3n) is 2.55. The molecule has 1 aromatic rings. The Morgan fingerprint density at radius 3 is 2.24 bits per heavy atom. The number of hydrogen-bond donors (Lipinski definition) is 0. The van der Waals surface area contributed by atoms with E-state index in [1.807, 2.05) is 30.3 Å². The first-order valence-corrected chi connectivity index (χ1v) is 5.75. The number of hydrogen-bond acceptors (Lipinski definition) is 3. The van der Waals surface area contributed by atoms with Crippen molar-refractivity contribution in [2.75, 3.05) is 0 Å². The first-order valence-electron chi connectivity index (χ1n) is 5.75. The number of benzene rings is 1. The summed E-state index contributed by atoms with van der Waals surface area (Å²) < 4.78 is 0. The Balaban J connectivity index is 2.40. The summed E-state index contributed by atoms with van der Waals surface area (Å²) >= 11 is 0. The van der Waals surface area contributed by atoms with Crippen LogP contribution in [0.5, 0.6) is 0 Å². The van der Waals surface area contributed by atoms with E-state index >= 15 is 0 Å². The van der Waals surface area contributed by atoms with Crippen LogP contribution in [0.3, 0.4) is 0 Å². The molecule has 1 aromatic carbocycles. The Morgan fingerprint density at radius 1 is 1.00 bits per heavy atom. The highest BCUT2D eigenvalue weighted by Gasteiger charge is 2.16. The molecule has 0 saturated heterocycles. The molecular weight excluding hydrogens is 216 g/mol. The molecule has 0 fully saturated rings. The third-order valence-corrected chi connectivity index (χ3v) is 2.55. The zero-order chi connectivity index (χ0) is 12.7. The lowest BCUT2D eigenvalue weighted by atomic mass is 10.0. The zero-order valence-electron chi connectivity index (χ0n) is 9.94. The second-order valence-corrected chi connectivity index (χ2v) is 3.90. The van der Waals surface area contributed by atoms with Gasteiger partial charge in [0.25, 0.3) is 0 Å². The van der Waals surface area contributed by atoms with Gasteiger partial charge in [-0.1, -0.05) is 37.3 Å². The van der Waals surface area contributed by atoms with Crippen LogP contribution in [-0.2, 0) is 20.8 Å². The molecule has 1 rings (SSSR count). The summed E-state index contributed by atoms with van der Waals surface area (Å²) in [7, 11) is 0. The van der Waals surface area contributed by atoms with Gasteiger partial charge in [0, 0.05) is 12.8 Å². The predicted octanol–water partition coefficient (Wildman–Crippen LogP) is 2.13. The standard InChI is InChI=1S/C14H16O3/c1-2-12(15)10-14(17)13(16)9-8-11-6-4-3-5-7-11/h3-7H,2,8-10H2,1H3. The fraction of sp³-hybridized carbons (Fsp3) is 0.357. The van der Waals surface area contributed by atoms with Crippen LogP contribution in [-0.4, -0.2) is 17.3 Å². The SMILES string of the molecule is CCC(=O)CC(=O)C(=O)CCc1ccccc1. The quantitative estimate of drug-likeness (QED) is 0.534. The average Bonchev–Trinajstić information content (AvgIpc) is 2.36. The van der Waals surface area contributed by atoms with Gasteiger partial charge in [0.05, 0.1) is 6.42 Å². The molecule has 0 atom stereocenters. The number of rotatable bonds is 7. The Labute approximate surface area is 101 Å². The minimum atomic E-state index is -0.562. The largest absolute Gasteiger partial charge is 0.299 e. The summed E-state index contributed by atoms with van der Waals surface area (Å²) in [6.45, 7) is 1.68. The molecule has 0 aliphatic heterocycles. The van der Waals surface area contributed by atoms with Crippen molar-refractivity contribution in [1.29, 1.82) is 0 Å². The first kappa shape index (κ1) is 13.3. The number of carbonyl (C=O) groups excluding carboxylic acids is 3. The van der Waals surface area contributed by atoms with Crippen LogP contribution in [0.4, 0.5) is 0 Å². The van der Waals surface area contributed by atoms with E-state index in [0.29, 0.717) is 12.8 Å². The van der Waals surface area contributed by atoms with Crippen LogP contribution in [0.15, 0.2) is 30.3 Å². The minimum absolute atomic E-state index is 0.178. The van der Waals surface area contributed by atoms with E-state index in [0.717, 1.165) is 5.56 Å². The van der Waals surface area contributed by atoms with E-state index in [9.17, 15) is 14.4 Å². The van der Waals surface area contributed by atoms with Gasteiger partial charge in [-0.15, -0.1) is 0 Å². The molecule has 3 nitrogen and oxygen atoms in total. The highest BCUT2D eigenvalue weighted by atomic mass is 16.2. The molecule has 0 N–H and O–H groups in total. The second-order valence-electron chi connectivity index (χ2n) is 3.90. The molecule has 0 saturated carbocycles. The molecule has 0 aliphatic carbocycles. The molecule has 0 unspecified atom stereocenters. The lowest BCUT2D eigenvalue weighted by molar-refractivity contribution is -0.138. The van der Waals surface area contributed by atoms with Gasteiger partial charge in [0.2, 0.25) is 5.78 Å². The van der Waals surface area contributed by atoms with Crippen molar-refractivity contribution in [1.82, 2.24) is 0 Å². The van der Waals surface area contributed by atoms with Gasteiger partial charge in [0.1, 0.15) is 5.78 Å². The monoisotopic (exact) mass is 232 g/mol. The van der Waals surface area contributed by atoms with Gasteiger partial charge < -0.3 is 0 Å². The number of Topliss-reactive ketones (excluding diaryl/α,β-unsaturated/α-hetero) is 3. The van der Waals surface area contributed by atoms with Gasteiger partial charge in [0.15, 0.2) is 5.78 Å². The van der Waals surface area contributed by atoms with Crippen LogP contribution in [0.25, 0.3) is 0 Å². The van der Waals surface area contributed by atoms with Crippen molar-refractivity contribution in [2.45, 2.75) is 32.6 Å². The Kier molecular flexibility index (Phi) is 5.27. The summed E-state index contributed by atoms with van der Waals surface area (Å²) in [5.74, 6) is -1.19. The van der Waals surface area contributed by atoms with E-state index in [2.05, 4.69) is 0 Å². The summed E-state index contributed by atoms with van der Waals surface area (Å²) in [6, 6.07) is 9.50. The van der Waals surface area contributed by atoms with E-state index in [-0.39, 0.29) is 18.6 Å². The van der Waals surface area contributed by atoms with E-state index in [1.54, 1.807) is 6.92 Å². The summed E-state index contributed by atoms with van der Waals surface area (Å²) in [5.41, 5.74) is 1.02. The van der Waals surface area contributed by atoms with Gasteiger partial charge in [-0.3, -0.25) is 14.4 Å². The topological polar surface area (TPSA) is 51.2 Å².